The maximum Gasteiger partial charge on any atom is 0.573 e. The molecule has 1 heterocycles. The third kappa shape index (κ3) is 3.49. The Hall–Kier alpha value is -1.99. The Bertz CT molecular complexity index is 509. The monoisotopic (exact) mass is 272 g/mol. The molecule has 0 spiro atoms. The first-order chi connectivity index (χ1) is 8.99. The number of hydrazine groups is 1. The number of ether oxygens (including phenoxy) is 1. The van der Waals surface area contributed by atoms with Crippen LogP contribution >= 0.6 is 0 Å². The molecule has 102 valence electrons. The zero-order valence-corrected chi connectivity index (χ0v) is 9.65. The van der Waals surface area contributed by atoms with Crippen molar-refractivity contribution in [2.45, 2.75) is 12.4 Å². The van der Waals surface area contributed by atoms with Crippen LogP contribution in [0.4, 0.5) is 13.2 Å². The van der Waals surface area contributed by atoms with E-state index in [9.17, 15) is 13.2 Å². The summed E-state index contributed by atoms with van der Waals surface area (Å²) in [7, 11) is 0. The number of rotatable bonds is 4. The van der Waals surface area contributed by atoms with Gasteiger partial charge in [-0.15, -0.1) is 13.2 Å². The standard InChI is InChI=1S/C12H11F3N2O2/c13-12(14,15)19-10-3-1-8(2-4-10)11(17-16)9-5-6-18-7-9/h1-7,11,17H,16H2. The lowest BCUT2D eigenvalue weighted by Crippen LogP contribution is -2.28. The summed E-state index contributed by atoms with van der Waals surface area (Å²) in [6.45, 7) is 0. The highest BCUT2D eigenvalue weighted by Crippen LogP contribution is 2.26. The van der Waals surface area contributed by atoms with Crippen LogP contribution in [-0.2, 0) is 0 Å². The number of nitrogens with one attached hydrogen (secondary N) is 1. The summed E-state index contributed by atoms with van der Waals surface area (Å²) < 4.78 is 44.8. The number of alkyl halides is 3. The van der Waals surface area contributed by atoms with Crippen molar-refractivity contribution < 1.29 is 22.3 Å². The van der Waals surface area contributed by atoms with Crippen molar-refractivity contribution in [3.63, 3.8) is 0 Å². The van der Waals surface area contributed by atoms with Gasteiger partial charge >= 0.3 is 6.36 Å². The molecule has 0 fully saturated rings. The molecule has 1 unspecified atom stereocenters. The molecule has 1 atom stereocenters. The van der Waals surface area contributed by atoms with Crippen LogP contribution in [0.3, 0.4) is 0 Å². The van der Waals surface area contributed by atoms with E-state index >= 15 is 0 Å². The molecule has 0 saturated heterocycles. The number of benzene rings is 1. The third-order valence-corrected chi connectivity index (χ3v) is 2.49. The maximum absolute atomic E-state index is 12.0. The summed E-state index contributed by atoms with van der Waals surface area (Å²) in [6.07, 6.45) is -1.71. The zero-order valence-electron chi connectivity index (χ0n) is 9.65. The molecule has 3 N–H and O–H groups in total. The molecule has 19 heavy (non-hydrogen) atoms. The van der Waals surface area contributed by atoms with Gasteiger partial charge in [-0.2, -0.15) is 0 Å². The fourth-order valence-corrected chi connectivity index (χ4v) is 1.69. The Balaban J connectivity index is 2.17. The van der Waals surface area contributed by atoms with Crippen molar-refractivity contribution in [3.05, 3.63) is 54.0 Å². The molecule has 2 rings (SSSR count). The van der Waals surface area contributed by atoms with E-state index in [4.69, 9.17) is 10.3 Å². The second-order valence-electron chi connectivity index (χ2n) is 3.77. The smallest absolute Gasteiger partial charge is 0.472 e. The second-order valence-corrected chi connectivity index (χ2v) is 3.77. The van der Waals surface area contributed by atoms with E-state index in [0.717, 1.165) is 5.56 Å². The van der Waals surface area contributed by atoms with Crippen LogP contribution in [0.25, 0.3) is 0 Å². The Labute approximate surface area is 106 Å². The van der Waals surface area contributed by atoms with Crippen LogP contribution in [0.5, 0.6) is 5.75 Å². The van der Waals surface area contributed by atoms with Gasteiger partial charge in [0.05, 0.1) is 18.6 Å². The lowest BCUT2D eigenvalue weighted by atomic mass is 10.0. The number of hydrogen-bond donors (Lipinski definition) is 2. The van der Waals surface area contributed by atoms with Gasteiger partial charge in [0.15, 0.2) is 0 Å². The van der Waals surface area contributed by atoms with Gasteiger partial charge in [-0.1, -0.05) is 12.1 Å². The fourth-order valence-electron chi connectivity index (χ4n) is 1.69. The highest BCUT2D eigenvalue weighted by atomic mass is 19.4. The zero-order chi connectivity index (χ0) is 13.9. The minimum absolute atomic E-state index is 0.279. The number of nitrogens with two attached hydrogens (primary N) is 1. The van der Waals surface area contributed by atoms with Crippen LogP contribution in [-0.4, -0.2) is 6.36 Å². The molecule has 1 aromatic heterocycles. The predicted octanol–water partition coefficient (Wildman–Crippen LogP) is 2.73. The number of hydrogen-bond acceptors (Lipinski definition) is 4. The first kappa shape index (κ1) is 13.4. The third-order valence-electron chi connectivity index (χ3n) is 2.49. The summed E-state index contributed by atoms with van der Waals surface area (Å²) in [5.74, 6) is 5.15. The van der Waals surface area contributed by atoms with E-state index in [1.165, 1.54) is 36.8 Å². The summed E-state index contributed by atoms with van der Waals surface area (Å²) in [6, 6.07) is 6.81. The minimum Gasteiger partial charge on any atom is -0.472 e. The van der Waals surface area contributed by atoms with E-state index in [-0.39, 0.29) is 11.8 Å². The summed E-state index contributed by atoms with van der Waals surface area (Å²) >= 11 is 0. The van der Waals surface area contributed by atoms with Crippen molar-refractivity contribution in [3.8, 4) is 5.75 Å². The predicted molar refractivity (Wildman–Crippen MR) is 61.0 cm³/mol. The largest absolute Gasteiger partial charge is 0.573 e. The molecule has 0 amide bonds. The van der Waals surface area contributed by atoms with Gasteiger partial charge < -0.3 is 9.15 Å². The van der Waals surface area contributed by atoms with Gasteiger partial charge in [0, 0.05) is 5.56 Å². The fraction of sp³-hybridized carbons (Fsp3) is 0.167. The highest BCUT2D eigenvalue weighted by molar-refractivity contribution is 5.34. The normalized spacial score (nSPS) is 13.3. The molecule has 1 aromatic carbocycles. The Morgan fingerprint density at radius 1 is 1.11 bits per heavy atom. The molecular formula is C12H11F3N2O2. The van der Waals surface area contributed by atoms with E-state index < -0.39 is 6.36 Å². The van der Waals surface area contributed by atoms with Crippen molar-refractivity contribution in [1.82, 2.24) is 5.43 Å². The van der Waals surface area contributed by atoms with Crippen LogP contribution in [0.15, 0.2) is 47.3 Å². The molecule has 0 radical (unpaired) electrons. The molecule has 0 aliphatic rings. The van der Waals surface area contributed by atoms with Crippen LogP contribution in [0.2, 0.25) is 0 Å². The first-order valence-corrected chi connectivity index (χ1v) is 5.33. The van der Waals surface area contributed by atoms with Crippen LogP contribution in [0, 0.1) is 0 Å². The quantitative estimate of drug-likeness (QED) is 0.663. The topological polar surface area (TPSA) is 60.4 Å². The molecule has 4 nitrogen and oxygen atoms in total. The average molecular weight is 272 g/mol. The molecule has 7 heteroatoms. The summed E-state index contributed by atoms with van der Waals surface area (Å²) in [5.41, 5.74) is 4.03. The van der Waals surface area contributed by atoms with Crippen molar-refractivity contribution in [1.29, 1.82) is 0 Å². The van der Waals surface area contributed by atoms with E-state index in [1.54, 1.807) is 6.07 Å². The second kappa shape index (κ2) is 5.33. The lowest BCUT2D eigenvalue weighted by molar-refractivity contribution is -0.274. The van der Waals surface area contributed by atoms with Gasteiger partial charge in [-0.25, -0.2) is 5.43 Å². The van der Waals surface area contributed by atoms with E-state index in [1.807, 2.05) is 0 Å². The number of halogens is 3. The van der Waals surface area contributed by atoms with Crippen LogP contribution in [0.1, 0.15) is 17.2 Å². The van der Waals surface area contributed by atoms with E-state index in [0.29, 0.717) is 5.56 Å². The van der Waals surface area contributed by atoms with Gasteiger partial charge in [0.2, 0.25) is 0 Å². The Morgan fingerprint density at radius 3 is 2.26 bits per heavy atom. The lowest BCUT2D eigenvalue weighted by Gasteiger charge is -2.15. The molecular weight excluding hydrogens is 261 g/mol. The van der Waals surface area contributed by atoms with Gasteiger partial charge in [-0.05, 0) is 23.8 Å². The maximum atomic E-state index is 12.0. The van der Waals surface area contributed by atoms with Gasteiger partial charge in [0.1, 0.15) is 5.75 Å². The van der Waals surface area contributed by atoms with Gasteiger partial charge in [-0.3, -0.25) is 5.84 Å². The summed E-state index contributed by atoms with van der Waals surface area (Å²) in [5, 5.41) is 0. The van der Waals surface area contributed by atoms with Gasteiger partial charge in [0.25, 0.3) is 0 Å². The SMILES string of the molecule is NNC(c1ccc(OC(F)(F)F)cc1)c1ccoc1. The highest BCUT2D eigenvalue weighted by Gasteiger charge is 2.31. The number of furan rings is 1. The Morgan fingerprint density at radius 2 is 1.79 bits per heavy atom. The molecule has 0 aliphatic carbocycles. The Kier molecular flexibility index (Phi) is 3.77. The first-order valence-electron chi connectivity index (χ1n) is 5.33. The van der Waals surface area contributed by atoms with E-state index in [2.05, 4.69) is 10.2 Å². The van der Waals surface area contributed by atoms with Crippen molar-refractivity contribution >= 4 is 0 Å². The molecule has 2 aromatic rings. The minimum atomic E-state index is -4.70. The van der Waals surface area contributed by atoms with Crippen molar-refractivity contribution in [2.75, 3.05) is 0 Å². The average Bonchev–Trinajstić information content (AvgIpc) is 2.84. The molecule has 0 aliphatic heterocycles. The summed E-state index contributed by atoms with van der Waals surface area (Å²) in [4.78, 5) is 0. The van der Waals surface area contributed by atoms with Crippen LogP contribution < -0.4 is 16.0 Å². The molecule has 0 saturated carbocycles. The van der Waals surface area contributed by atoms with Crippen molar-refractivity contribution in [2.24, 2.45) is 5.84 Å². The molecule has 0 bridgehead atoms.